The fourth-order valence-corrected chi connectivity index (χ4v) is 1.92. The van der Waals surface area contributed by atoms with Crippen LogP contribution in [-0.4, -0.2) is 26.2 Å². The van der Waals surface area contributed by atoms with E-state index in [0.717, 1.165) is 16.8 Å². The van der Waals surface area contributed by atoms with E-state index in [2.05, 4.69) is 15.1 Å². The largest absolute Gasteiger partial charge is 0.258 e. The van der Waals surface area contributed by atoms with E-state index < -0.39 is 24.6 Å². The van der Waals surface area contributed by atoms with Gasteiger partial charge in [-0.2, -0.15) is 5.10 Å². The first kappa shape index (κ1) is 13.5. The zero-order valence-electron chi connectivity index (χ0n) is 10.5. The van der Waals surface area contributed by atoms with E-state index in [4.69, 9.17) is 0 Å². The number of halogens is 4. The van der Waals surface area contributed by atoms with Gasteiger partial charge >= 0.3 is 0 Å². The van der Waals surface area contributed by atoms with E-state index in [9.17, 15) is 17.6 Å². The number of hydrogen-bond acceptors (Lipinski definition) is 3. The fraction of sp³-hybridized carbons (Fsp3) is 0.154. The highest BCUT2D eigenvalue weighted by Crippen LogP contribution is 2.21. The molecule has 0 atom stereocenters. The summed E-state index contributed by atoms with van der Waals surface area (Å²) in [5.74, 6) is -1.96. The smallest absolute Gasteiger partial charge is 0.241 e. The molecule has 0 N–H and O–H groups in total. The number of alkyl halides is 2. The molecule has 4 nitrogen and oxygen atoms in total. The lowest BCUT2D eigenvalue weighted by atomic mass is 10.1. The molecule has 3 rings (SSSR count). The SMILES string of the molecule is Fc1ccc(-c2cnc3c(cnn3CC(F)F)n2)cc1F. The Labute approximate surface area is 116 Å². The second-order valence-corrected chi connectivity index (χ2v) is 4.31. The van der Waals surface area contributed by atoms with Crippen LogP contribution in [0.25, 0.3) is 22.4 Å². The van der Waals surface area contributed by atoms with Crippen LogP contribution in [0.1, 0.15) is 0 Å². The average molecular weight is 296 g/mol. The van der Waals surface area contributed by atoms with Crippen molar-refractivity contribution in [2.45, 2.75) is 13.0 Å². The van der Waals surface area contributed by atoms with Crippen LogP contribution in [0.2, 0.25) is 0 Å². The van der Waals surface area contributed by atoms with Crippen molar-refractivity contribution in [1.82, 2.24) is 19.7 Å². The van der Waals surface area contributed by atoms with Crippen LogP contribution in [0.4, 0.5) is 17.6 Å². The molecule has 21 heavy (non-hydrogen) atoms. The molecule has 0 aliphatic heterocycles. The van der Waals surface area contributed by atoms with Crippen molar-refractivity contribution in [1.29, 1.82) is 0 Å². The number of hydrogen-bond donors (Lipinski definition) is 0. The lowest BCUT2D eigenvalue weighted by Crippen LogP contribution is -2.08. The summed E-state index contributed by atoms with van der Waals surface area (Å²) < 4.78 is 51.9. The first-order chi connectivity index (χ1) is 10.0. The number of benzene rings is 1. The zero-order chi connectivity index (χ0) is 15.0. The molecule has 0 radical (unpaired) electrons. The van der Waals surface area contributed by atoms with E-state index in [1.54, 1.807) is 0 Å². The molecule has 8 heteroatoms. The molecule has 0 unspecified atom stereocenters. The van der Waals surface area contributed by atoms with Crippen LogP contribution in [0.3, 0.4) is 0 Å². The van der Waals surface area contributed by atoms with E-state index in [1.165, 1.54) is 18.5 Å². The third-order valence-corrected chi connectivity index (χ3v) is 2.87. The molecule has 0 aliphatic carbocycles. The molecule has 3 aromatic rings. The quantitative estimate of drug-likeness (QED) is 0.698. The summed E-state index contributed by atoms with van der Waals surface area (Å²) in [5.41, 5.74) is 1.16. The minimum absolute atomic E-state index is 0.210. The molecular formula is C13H8F4N4. The Balaban J connectivity index is 2.03. The Morgan fingerprint density at radius 1 is 1.10 bits per heavy atom. The van der Waals surface area contributed by atoms with Crippen LogP contribution < -0.4 is 0 Å². The van der Waals surface area contributed by atoms with Gasteiger partial charge in [0.2, 0.25) is 0 Å². The number of nitrogens with zero attached hydrogens (tertiary/aromatic N) is 4. The highest BCUT2D eigenvalue weighted by Gasteiger charge is 2.12. The molecule has 2 aromatic heterocycles. The lowest BCUT2D eigenvalue weighted by Gasteiger charge is -2.03. The predicted molar refractivity (Wildman–Crippen MR) is 66.7 cm³/mol. The molecule has 0 aliphatic rings. The molecule has 0 fully saturated rings. The van der Waals surface area contributed by atoms with Gasteiger partial charge in [0.25, 0.3) is 6.43 Å². The monoisotopic (exact) mass is 296 g/mol. The zero-order valence-corrected chi connectivity index (χ0v) is 10.5. The van der Waals surface area contributed by atoms with E-state index in [0.29, 0.717) is 16.8 Å². The minimum atomic E-state index is -2.55. The topological polar surface area (TPSA) is 43.6 Å². The summed E-state index contributed by atoms with van der Waals surface area (Å²) in [6.07, 6.45) is 0.0491. The summed E-state index contributed by atoms with van der Waals surface area (Å²) >= 11 is 0. The predicted octanol–water partition coefficient (Wildman–Crippen LogP) is 3.04. The van der Waals surface area contributed by atoms with Gasteiger partial charge in [0.15, 0.2) is 17.3 Å². The average Bonchev–Trinajstić information content (AvgIpc) is 2.83. The standard InChI is InChI=1S/C13H8F4N4/c14-8-2-1-7(3-9(8)15)10-4-18-13-11(20-10)5-19-21(13)6-12(16)17/h1-5,12H,6H2. The molecule has 0 saturated heterocycles. The van der Waals surface area contributed by atoms with Gasteiger partial charge in [0.1, 0.15) is 12.1 Å². The van der Waals surface area contributed by atoms with Crippen molar-refractivity contribution in [3.8, 4) is 11.3 Å². The van der Waals surface area contributed by atoms with Crippen LogP contribution in [0, 0.1) is 11.6 Å². The molecule has 0 bridgehead atoms. The first-order valence-corrected chi connectivity index (χ1v) is 5.97. The normalized spacial score (nSPS) is 11.5. The molecular weight excluding hydrogens is 288 g/mol. The van der Waals surface area contributed by atoms with Crippen molar-refractivity contribution in [3.05, 3.63) is 42.2 Å². The first-order valence-electron chi connectivity index (χ1n) is 5.97. The van der Waals surface area contributed by atoms with Gasteiger partial charge in [0.05, 0.1) is 18.1 Å². The van der Waals surface area contributed by atoms with Crippen LogP contribution >= 0.6 is 0 Å². The fourth-order valence-electron chi connectivity index (χ4n) is 1.92. The summed E-state index contributed by atoms with van der Waals surface area (Å²) in [7, 11) is 0. The van der Waals surface area contributed by atoms with Crippen LogP contribution in [0.5, 0.6) is 0 Å². The second kappa shape index (κ2) is 5.12. The molecule has 108 valence electrons. The summed E-state index contributed by atoms with van der Waals surface area (Å²) in [4.78, 5) is 8.18. The highest BCUT2D eigenvalue weighted by atomic mass is 19.3. The number of aromatic nitrogens is 4. The van der Waals surface area contributed by atoms with Crippen molar-refractivity contribution in [3.63, 3.8) is 0 Å². The maximum Gasteiger partial charge on any atom is 0.258 e. The highest BCUT2D eigenvalue weighted by molar-refractivity contribution is 5.73. The molecule has 0 spiro atoms. The number of rotatable bonds is 3. The molecule has 0 amide bonds. The lowest BCUT2D eigenvalue weighted by molar-refractivity contribution is 0.123. The van der Waals surface area contributed by atoms with Gasteiger partial charge in [-0.05, 0) is 18.2 Å². The van der Waals surface area contributed by atoms with Crippen molar-refractivity contribution in [2.24, 2.45) is 0 Å². The maximum absolute atomic E-state index is 13.2. The third-order valence-electron chi connectivity index (χ3n) is 2.87. The van der Waals surface area contributed by atoms with Gasteiger partial charge in [0, 0.05) is 5.56 Å². The second-order valence-electron chi connectivity index (χ2n) is 4.31. The molecule has 0 saturated carbocycles. The van der Waals surface area contributed by atoms with Crippen molar-refractivity contribution < 1.29 is 17.6 Å². The maximum atomic E-state index is 13.2. The van der Waals surface area contributed by atoms with E-state index >= 15 is 0 Å². The van der Waals surface area contributed by atoms with Gasteiger partial charge in [-0.3, -0.25) is 0 Å². The number of fused-ring (bicyclic) bond motifs is 1. The third kappa shape index (κ3) is 2.56. The van der Waals surface area contributed by atoms with Crippen molar-refractivity contribution in [2.75, 3.05) is 0 Å². The van der Waals surface area contributed by atoms with Crippen LogP contribution in [-0.2, 0) is 6.54 Å². The summed E-state index contributed by atoms with van der Waals surface area (Å²) in [5, 5.41) is 3.78. The Bertz CT molecular complexity index is 800. The van der Waals surface area contributed by atoms with Gasteiger partial charge < -0.3 is 0 Å². The van der Waals surface area contributed by atoms with E-state index in [-0.39, 0.29) is 5.65 Å². The molecule has 1 aromatic carbocycles. The van der Waals surface area contributed by atoms with Crippen LogP contribution in [0.15, 0.2) is 30.6 Å². The van der Waals surface area contributed by atoms with Crippen molar-refractivity contribution >= 4 is 11.2 Å². The van der Waals surface area contributed by atoms with Gasteiger partial charge in [-0.1, -0.05) is 0 Å². The Morgan fingerprint density at radius 3 is 2.62 bits per heavy atom. The summed E-state index contributed by atoms with van der Waals surface area (Å²) in [6.45, 7) is -0.581. The summed E-state index contributed by atoms with van der Waals surface area (Å²) in [6, 6.07) is 3.34. The van der Waals surface area contributed by atoms with E-state index in [1.807, 2.05) is 0 Å². The Morgan fingerprint density at radius 2 is 1.90 bits per heavy atom. The minimum Gasteiger partial charge on any atom is -0.241 e. The Hall–Kier alpha value is -2.51. The molecule has 2 heterocycles. The van der Waals surface area contributed by atoms with Gasteiger partial charge in [-0.15, -0.1) is 0 Å². The van der Waals surface area contributed by atoms with Gasteiger partial charge in [-0.25, -0.2) is 32.2 Å². The Kier molecular flexibility index (Phi) is 3.28.